The standard InChI is InChI=1S/C33H34N4O7/c1-18(38)36-25-10-7-20-13-29(42-3)32(43-4)33(44-5)31(20)23-9-11-26(28(39)15-24(23)25)35-17-30(40)37-21-12-19-6-8-22(41-2)14-27(19)34-16-21/h6,8-9,11-16,25H,7,10,17H2,1-5H3,(H,35,39)(H,36,38)(H,37,40). The Hall–Kier alpha value is -5.32. The molecule has 5 rings (SSSR count). The molecule has 0 saturated heterocycles. The molecule has 11 heteroatoms. The molecule has 0 saturated carbocycles. The van der Waals surface area contributed by atoms with E-state index in [1.54, 1.807) is 39.7 Å². The molecule has 3 aromatic carbocycles. The highest BCUT2D eigenvalue weighted by atomic mass is 16.5. The largest absolute Gasteiger partial charge is 0.497 e. The molecule has 0 fully saturated rings. The third-order valence-corrected chi connectivity index (χ3v) is 7.53. The molecule has 228 valence electrons. The molecule has 0 bridgehead atoms. The molecule has 1 unspecified atom stereocenters. The molecule has 1 atom stereocenters. The van der Waals surface area contributed by atoms with Gasteiger partial charge < -0.3 is 34.9 Å². The van der Waals surface area contributed by atoms with E-state index >= 15 is 0 Å². The first-order valence-corrected chi connectivity index (χ1v) is 14.0. The Kier molecular flexibility index (Phi) is 8.84. The van der Waals surface area contributed by atoms with E-state index in [9.17, 15) is 14.4 Å². The summed E-state index contributed by atoms with van der Waals surface area (Å²) in [5, 5.41) is 9.61. The van der Waals surface area contributed by atoms with Crippen molar-refractivity contribution in [3.8, 4) is 34.1 Å². The molecule has 4 aromatic rings. The molecular formula is C33H34N4O7. The highest BCUT2D eigenvalue weighted by Gasteiger charge is 2.29. The van der Waals surface area contributed by atoms with Gasteiger partial charge in [-0.2, -0.15) is 0 Å². The van der Waals surface area contributed by atoms with Gasteiger partial charge in [0.1, 0.15) is 5.75 Å². The predicted octanol–water partition coefficient (Wildman–Crippen LogP) is 4.47. The van der Waals surface area contributed by atoms with E-state index in [4.69, 9.17) is 18.9 Å². The van der Waals surface area contributed by atoms with Crippen LogP contribution in [0.1, 0.15) is 30.5 Å². The lowest BCUT2D eigenvalue weighted by Crippen LogP contribution is -2.27. The lowest BCUT2D eigenvalue weighted by molar-refractivity contribution is -0.119. The zero-order chi connectivity index (χ0) is 31.4. The van der Waals surface area contributed by atoms with Gasteiger partial charge in [-0.3, -0.25) is 19.4 Å². The number of carbonyl (C=O) groups excluding carboxylic acids is 2. The van der Waals surface area contributed by atoms with Crippen LogP contribution in [0, 0.1) is 0 Å². The molecule has 44 heavy (non-hydrogen) atoms. The molecule has 11 nitrogen and oxygen atoms in total. The van der Waals surface area contributed by atoms with E-state index in [-0.39, 0.29) is 29.5 Å². The van der Waals surface area contributed by atoms with E-state index in [1.165, 1.54) is 20.1 Å². The Morgan fingerprint density at radius 3 is 2.43 bits per heavy atom. The van der Waals surface area contributed by atoms with Crippen LogP contribution in [0.5, 0.6) is 23.0 Å². The van der Waals surface area contributed by atoms with Crippen LogP contribution in [0.3, 0.4) is 0 Å². The Labute approximate surface area is 254 Å². The lowest BCUT2D eigenvalue weighted by atomic mass is 9.95. The summed E-state index contributed by atoms with van der Waals surface area (Å²) in [6.45, 7) is 1.28. The molecule has 0 radical (unpaired) electrons. The van der Waals surface area contributed by atoms with Crippen LogP contribution in [-0.4, -0.2) is 51.8 Å². The maximum absolute atomic E-state index is 13.5. The molecule has 1 aromatic heterocycles. The van der Waals surface area contributed by atoms with Crippen molar-refractivity contribution in [2.24, 2.45) is 0 Å². The summed E-state index contributed by atoms with van der Waals surface area (Å²) >= 11 is 0. The average Bonchev–Trinajstić information content (AvgIpc) is 3.26. The van der Waals surface area contributed by atoms with Gasteiger partial charge in [0.2, 0.25) is 23.0 Å². The van der Waals surface area contributed by atoms with Gasteiger partial charge in [-0.05, 0) is 65.9 Å². The van der Waals surface area contributed by atoms with Crippen LogP contribution in [0.25, 0.3) is 22.0 Å². The van der Waals surface area contributed by atoms with Gasteiger partial charge in [0.25, 0.3) is 0 Å². The molecular weight excluding hydrogens is 564 g/mol. The number of hydrogen-bond donors (Lipinski definition) is 3. The smallest absolute Gasteiger partial charge is 0.243 e. The number of pyridine rings is 1. The molecule has 1 aliphatic carbocycles. The Morgan fingerprint density at radius 1 is 0.932 bits per heavy atom. The number of fused-ring (bicyclic) bond motifs is 4. The average molecular weight is 599 g/mol. The van der Waals surface area contributed by atoms with Crippen molar-refractivity contribution >= 4 is 34.1 Å². The number of ether oxygens (including phenoxy) is 4. The zero-order valence-corrected chi connectivity index (χ0v) is 25.2. The monoisotopic (exact) mass is 598 g/mol. The number of nitrogens with one attached hydrogen (secondary N) is 3. The van der Waals surface area contributed by atoms with Gasteiger partial charge in [0.15, 0.2) is 11.5 Å². The number of amides is 2. The zero-order valence-electron chi connectivity index (χ0n) is 25.2. The second-order valence-corrected chi connectivity index (χ2v) is 10.3. The van der Waals surface area contributed by atoms with Crippen molar-refractivity contribution in [3.05, 3.63) is 76.1 Å². The maximum Gasteiger partial charge on any atom is 0.243 e. The summed E-state index contributed by atoms with van der Waals surface area (Å²) in [4.78, 5) is 42.9. The molecule has 1 aliphatic rings. The van der Waals surface area contributed by atoms with Crippen molar-refractivity contribution in [1.82, 2.24) is 10.3 Å². The first-order chi connectivity index (χ1) is 21.3. The first kappa shape index (κ1) is 30.1. The Balaban J connectivity index is 1.47. The molecule has 2 amide bonds. The Morgan fingerprint density at radius 2 is 1.73 bits per heavy atom. The Bertz CT molecular complexity index is 1810. The van der Waals surface area contributed by atoms with Crippen LogP contribution < -0.4 is 40.3 Å². The predicted molar refractivity (Wildman–Crippen MR) is 168 cm³/mol. The minimum absolute atomic E-state index is 0.162. The summed E-state index contributed by atoms with van der Waals surface area (Å²) in [6.07, 6.45) is 2.69. The highest BCUT2D eigenvalue weighted by Crippen LogP contribution is 2.50. The fourth-order valence-electron chi connectivity index (χ4n) is 5.53. The number of aryl methyl sites for hydroxylation is 1. The second kappa shape index (κ2) is 12.9. The van der Waals surface area contributed by atoms with Gasteiger partial charge in [-0.1, -0.05) is 6.07 Å². The number of aromatic nitrogens is 1. The number of nitrogens with zero attached hydrogens (tertiary/aromatic N) is 1. The van der Waals surface area contributed by atoms with Crippen molar-refractivity contribution in [2.75, 3.05) is 45.6 Å². The van der Waals surface area contributed by atoms with Crippen molar-refractivity contribution in [1.29, 1.82) is 0 Å². The summed E-state index contributed by atoms with van der Waals surface area (Å²) in [6, 6.07) is 13.7. The van der Waals surface area contributed by atoms with Crippen LogP contribution in [0.15, 0.2) is 59.5 Å². The number of benzene rings is 2. The third-order valence-electron chi connectivity index (χ3n) is 7.53. The second-order valence-electron chi connectivity index (χ2n) is 10.3. The van der Waals surface area contributed by atoms with Crippen LogP contribution in [0.2, 0.25) is 0 Å². The number of carbonyl (C=O) groups is 2. The third kappa shape index (κ3) is 6.07. The maximum atomic E-state index is 13.5. The van der Waals surface area contributed by atoms with E-state index in [2.05, 4.69) is 20.9 Å². The van der Waals surface area contributed by atoms with Crippen LogP contribution in [-0.2, 0) is 16.0 Å². The lowest BCUT2D eigenvalue weighted by Gasteiger charge is -2.19. The quantitative estimate of drug-likeness (QED) is 0.255. The van der Waals surface area contributed by atoms with Gasteiger partial charge >= 0.3 is 0 Å². The van der Waals surface area contributed by atoms with Gasteiger partial charge in [-0.15, -0.1) is 0 Å². The van der Waals surface area contributed by atoms with Crippen molar-refractivity contribution < 1.29 is 28.5 Å². The minimum Gasteiger partial charge on any atom is -0.497 e. The molecule has 3 N–H and O–H groups in total. The van der Waals surface area contributed by atoms with Crippen molar-refractivity contribution in [3.63, 3.8) is 0 Å². The van der Waals surface area contributed by atoms with Gasteiger partial charge in [0.05, 0.1) is 64.1 Å². The van der Waals surface area contributed by atoms with Crippen molar-refractivity contribution in [2.45, 2.75) is 25.8 Å². The molecule has 0 spiro atoms. The summed E-state index contributed by atoms with van der Waals surface area (Å²) in [7, 11) is 6.22. The summed E-state index contributed by atoms with van der Waals surface area (Å²) in [5.41, 5.74) is 4.14. The number of anilines is 2. The van der Waals surface area contributed by atoms with E-state index in [0.717, 1.165) is 22.0 Å². The topological polar surface area (TPSA) is 137 Å². The van der Waals surface area contributed by atoms with Crippen LogP contribution >= 0.6 is 0 Å². The van der Waals surface area contributed by atoms with Crippen LogP contribution in [0.4, 0.5) is 11.4 Å². The fourth-order valence-corrected chi connectivity index (χ4v) is 5.53. The summed E-state index contributed by atoms with van der Waals surface area (Å²) in [5.74, 6) is 1.52. The van der Waals surface area contributed by atoms with Gasteiger partial charge in [-0.25, -0.2) is 0 Å². The SMILES string of the molecule is COc1ccc2cc(NC(=O)CNc3ccc4c(cc3=O)C(NC(C)=O)CCc3cc(OC)c(OC)c(OC)c3-4)cnc2c1. The fraction of sp³-hybridized carbons (Fsp3) is 0.273. The number of rotatable bonds is 9. The van der Waals surface area contributed by atoms with E-state index < -0.39 is 6.04 Å². The minimum atomic E-state index is -0.437. The number of hydrogen-bond acceptors (Lipinski definition) is 9. The first-order valence-electron chi connectivity index (χ1n) is 14.0. The van der Waals surface area contributed by atoms with E-state index in [0.29, 0.717) is 52.7 Å². The highest BCUT2D eigenvalue weighted by molar-refractivity contribution is 5.95. The molecule has 1 heterocycles. The number of methoxy groups -OCH3 is 4. The van der Waals surface area contributed by atoms with Gasteiger partial charge in [0, 0.05) is 23.9 Å². The summed E-state index contributed by atoms with van der Waals surface area (Å²) < 4.78 is 22.3. The normalized spacial score (nSPS) is 13.5. The van der Waals surface area contributed by atoms with E-state index in [1.807, 2.05) is 30.3 Å². The molecule has 0 aliphatic heterocycles.